The zero-order chi connectivity index (χ0) is 13.4. The monoisotopic (exact) mass is 264 g/mol. The summed E-state index contributed by atoms with van der Waals surface area (Å²) in [7, 11) is 0. The molecule has 3 atom stereocenters. The van der Waals surface area contributed by atoms with Gasteiger partial charge in [0.15, 0.2) is 0 Å². The Balaban J connectivity index is 1.78. The second kappa shape index (κ2) is 5.00. The molecule has 0 spiro atoms. The van der Waals surface area contributed by atoms with Gasteiger partial charge in [0.05, 0.1) is 18.8 Å². The lowest BCUT2D eigenvalue weighted by atomic mass is 10.0. The Morgan fingerprint density at radius 3 is 3.11 bits per heavy atom. The number of phenols is 1. The molecule has 0 amide bonds. The van der Waals surface area contributed by atoms with Crippen LogP contribution in [-0.2, 0) is 4.74 Å². The third-order valence-electron chi connectivity index (χ3n) is 3.90. The highest BCUT2D eigenvalue weighted by atomic mass is 16.5. The number of aromatic hydroxyl groups is 1. The topological polar surface area (TPSA) is 68.0 Å². The summed E-state index contributed by atoms with van der Waals surface area (Å²) in [6.07, 6.45) is 0.0786. The molecule has 2 aliphatic rings. The maximum Gasteiger partial charge on any atom is 0.127 e. The minimum absolute atomic E-state index is 0.0319. The Hall–Kier alpha value is -1.30. The molecule has 1 saturated heterocycles. The molecule has 1 aromatic rings. The maximum absolute atomic E-state index is 9.48. The predicted molar refractivity (Wildman–Crippen MR) is 71.3 cm³/mol. The number of benzene rings is 1. The number of morpholine rings is 1. The van der Waals surface area contributed by atoms with E-state index in [-0.39, 0.29) is 23.9 Å². The molecule has 0 aliphatic carbocycles. The van der Waals surface area contributed by atoms with Gasteiger partial charge in [-0.05, 0) is 19.1 Å². The van der Waals surface area contributed by atoms with Crippen molar-refractivity contribution in [3.8, 4) is 11.5 Å². The summed E-state index contributed by atoms with van der Waals surface area (Å²) in [5, 5.41) is 9.48. The van der Waals surface area contributed by atoms with Crippen LogP contribution in [-0.4, -0.2) is 48.5 Å². The van der Waals surface area contributed by atoms with E-state index in [1.165, 1.54) is 0 Å². The van der Waals surface area contributed by atoms with Crippen LogP contribution in [0.25, 0.3) is 0 Å². The normalized spacial score (nSPS) is 28.7. The molecule has 1 aromatic carbocycles. The van der Waals surface area contributed by atoms with Gasteiger partial charge in [-0.3, -0.25) is 4.90 Å². The standard InChI is InChI=1S/C14H20N2O3/c1-9(15)14-7-16(4-5-18-14)12-8-19-13-6-10(17)2-3-11(12)13/h2-3,6,9,12,14,17H,4-5,7-8,15H2,1H3. The van der Waals surface area contributed by atoms with Crippen LogP contribution in [0.1, 0.15) is 18.5 Å². The van der Waals surface area contributed by atoms with Gasteiger partial charge in [-0.15, -0.1) is 0 Å². The van der Waals surface area contributed by atoms with Crippen LogP contribution < -0.4 is 10.5 Å². The van der Waals surface area contributed by atoms with Crippen molar-refractivity contribution < 1.29 is 14.6 Å². The minimum atomic E-state index is 0.0319. The predicted octanol–water partition coefficient (Wildman–Crippen LogP) is 0.874. The number of hydrogen-bond acceptors (Lipinski definition) is 5. The van der Waals surface area contributed by atoms with Gasteiger partial charge in [-0.2, -0.15) is 0 Å². The van der Waals surface area contributed by atoms with Crippen molar-refractivity contribution in [2.45, 2.75) is 25.1 Å². The number of fused-ring (bicyclic) bond motifs is 1. The largest absolute Gasteiger partial charge is 0.508 e. The Morgan fingerprint density at radius 2 is 2.32 bits per heavy atom. The molecule has 3 rings (SSSR count). The van der Waals surface area contributed by atoms with Gasteiger partial charge in [-0.25, -0.2) is 0 Å². The molecule has 104 valence electrons. The van der Waals surface area contributed by atoms with Crippen LogP contribution in [0.3, 0.4) is 0 Å². The van der Waals surface area contributed by atoms with Crippen LogP contribution in [0.4, 0.5) is 0 Å². The lowest BCUT2D eigenvalue weighted by molar-refractivity contribution is -0.0539. The molecule has 0 saturated carbocycles. The van der Waals surface area contributed by atoms with E-state index in [1.807, 2.05) is 13.0 Å². The Kier molecular flexibility index (Phi) is 3.35. The molecule has 0 aromatic heterocycles. The first-order valence-electron chi connectivity index (χ1n) is 6.72. The van der Waals surface area contributed by atoms with Gasteiger partial charge in [0.1, 0.15) is 18.1 Å². The van der Waals surface area contributed by atoms with Crippen LogP contribution in [0.15, 0.2) is 18.2 Å². The van der Waals surface area contributed by atoms with Crippen LogP contribution in [0.5, 0.6) is 11.5 Å². The summed E-state index contributed by atoms with van der Waals surface area (Å²) in [6, 6.07) is 5.60. The third-order valence-corrected chi connectivity index (χ3v) is 3.90. The number of phenolic OH excluding ortho intramolecular Hbond substituents is 1. The fourth-order valence-electron chi connectivity index (χ4n) is 2.78. The highest BCUT2D eigenvalue weighted by Gasteiger charge is 2.34. The molecular weight excluding hydrogens is 244 g/mol. The van der Waals surface area contributed by atoms with Crippen molar-refractivity contribution in [1.82, 2.24) is 4.90 Å². The zero-order valence-corrected chi connectivity index (χ0v) is 11.1. The summed E-state index contributed by atoms with van der Waals surface area (Å²) >= 11 is 0. The van der Waals surface area contributed by atoms with Crippen molar-refractivity contribution in [3.05, 3.63) is 23.8 Å². The number of rotatable bonds is 2. The van der Waals surface area contributed by atoms with E-state index in [0.29, 0.717) is 13.2 Å². The fourth-order valence-corrected chi connectivity index (χ4v) is 2.78. The fraction of sp³-hybridized carbons (Fsp3) is 0.571. The first-order valence-corrected chi connectivity index (χ1v) is 6.72. The van der Waals surface area contributed by atoms with E-state index in [0.717, 1.165) is 24.4 Å². The molecule has 3 N–H and O–H groups in total. The van der Waals surface area contributed by atoms with Crippen LogP contribution in [0.2, 0.25) is 0 Å². The molecule has 5 nitrogen and oxygen atoms in total. The number of ether oxygens (including phenoxy) is 2. The van der Waals surface area contributed by atoms with Gasteiger partial charge < -0.3 is 20.3 Å². The maximum atomic E-state index is 9.48. The average molecular weight is 264 g/mol. The molecule has 5 heteroatoms. The number of nitrogens with two attached hydrogens (primary N) is 1. The summed E-state index contributed by atoms with van der Waals surface area (Å²) < 4.78 is 11.4. The van der Waals surface area contributed by atoms with Crippen molar-refractivity contribution in [2.24, 2.45) is 5.73 Å². The summed E-state index contributed by atoms with van der Waals surface area (Å²) in [6.45, 7) is 5.02. The van der Waals surface area contributed by atoms with E-state index < -0.39 is 0 Å². The first kappa shape index (κ1) is 12.7. The van der Waals surface area contributed by atoms with Crippen molar-refractivity contribution in [3.63, 3.8) is 0 Å². The molecule has 3 unspecified atom stereocenters. The van der Waals surface area contributed by atoms with E-state index in [1.54, 1.807) is 12.1 Å². The molecular formula is C14H20N2O3. The Bertz CT molecular complexity index is 464. The number of hydrogen-bond donors (Lipinski definition) is 2. The van der Waals surface area contributed by atoms with Crippen molar-refractivity contribution in [1.29, 1.82) is 0 Å². The van der Waals surface area contributed by atoms with Gasteiger partial charge in [0, 0.05) is 30.8 Å². The van der Waals surface area contributed by atoms with Crippen molar-refractivity contribution in [2.75, 3.05) is 26.3 Å². The smallest absolute Gasteiger partial charge is 0.127 e. The average Bonchev–Trinajstić information content (AvgIpc) is 2.81. The quantitative estimate of drug-likeness (QED) is 0.829. The second-order valence-corrected chi connectivity index (χ2v) is 5.31. The summed E-state index contributed by atoms with van der Waals surface area (Å²) in [4.78, 5) is 2.36. The highest BCUT2D eigenvalue weighted by molar-refractivity contribution is 5.44. The lowest BCUT2D eigenvalue weighted by Gasteiger charge is -2.37. The Morgan fingerprint density at radius 1 is 1.47 bits per heavy atom. The zero-order valence-electron chi connectivity index (χ0n) is 11.1. The van der Waals surface area contributed by atoms with Gasteiger partial charge >= 0.3 is 0 Å². The molecule has 1 fully saturated rings. The molecule has 19 heavy (non-hydrogen) atoms. The Labute approximate surface area is 112 Å². The van der Waals surface area contributed by atoms with Gasteiger partial charge in [-0.1, -0.05) is 0 Å². The lowest BCUT2D eigenvalue weighted by Crippen LogP contribution is -2.50. The second-order valence-electron chi connectivity index (χ2n) is 5.31. The molecule has 0 radical (unpaired) electrons. The molecule has 0 bridgehead atoms. The van der Waals surface area contributed by atoms with Crippen molar-refractivity contribution >= 4 is 0 Å². The minimum Gasteiger partial charge on any atom is -0.508 e. The van der Waals surface area contributed by atoms with Crippen LogP contribution in [0, 0.1) is 0 Å². The van der Waals surface area contributed by atoms with E-state index >= 15 is 0 Å². The van der Waals surface area contributed by atoms with Gasteiger partial charge in [0.25, 0.3) is 0 Å². The third kappa shape index (κ3) is 2.41. The number of nitrogens with zero attached hydrogens (tertiary/aromatic N) is 1. The van der Waals surface area contributed by atoms with E-state index in [2.05, 4.69) is 4.90 Å². The SMILES string of the molecule is CC(N)C1CN(C2COc3cc(O)ccc32)CCO1. The first-order chi connectivity index (χ1) is 9.15. The van der Waals surface area contributed by atoms with Gasteiger partial charge in [0.2, 0.25) is 0 Å². The molecule has 2 aliphatic heterocycles. The van der Waals surface area contributed by atoms with E-state index in [4.69, 9.17) is 15.2 Å². The van der Waals surface area contributed by atoms with E-state index in [9.17, 15) is 5.11 Å². The summed E-state index contributed by atoms with van der Waals surface area (Å²) in [5.74, 6) is 1.03. The molecule has 2 heterocycles. The highest BCUT2D eigenvalue weighted by Crippen LogP contribution is 2.38. The van der Waals surface area contributed by atoms with Crippen LogP contribution >= 0.6 is 0 Å². The summed E-state index contributed by atoms with van der Waals surface area (Å²) in [5.41, 5.74) is 7.07.